The summed E-state index contributed by atoms with van der Waals surface area (Å²) in [4.78, 5) is 16.2. The molecular formula is C17H17BFNO3. The first-order chi connectivity index (χ1) is 10.8. The largest absolute Gasteiger partial charge is 0.492 e. The maximum Gasteiger partial charge on any atom is 0.492 e. The maximum absolute atomic E-state index is 13.6. The molecule has 0 saturated heterocycles. The minimum atomic E-state index is -0.995. The second-order valence-electron chi connectivity index (χ2n) is 6.32. The van der Waals surface area contributed by atoms with Crippen LogP contribution in [0.5, 0.6) is 0 Å². The number of hydrogen-bond donors (Lipinski definition) is 1. The van der Waals surface area contributed by atoms with Crippen LogP contribution in [0.4, 0.5) is 4.39 Å². The summed E-state index contributed by atoms with van der Waals surface area (Å²) >= 11 is 0. The molecule has 6 heteroatoms. The molecule has 1 aliphatic heterocycles. The van der Waals surface area contributed by atoms with Crippen molar-refractivity contribution in [2.45, 2.75) is 32.8 Å². The van der Waals surface area contributed by atoms with Gasteiger partial charge in [0.1, 0.15) is 11.5 Å². The van der Waals surface area contributed by atoms with Crippen LogP contribution in [0.2, 0.25) is 0 Å². The van der Waals surface area contributed by atoms with Gasteiger partial charge in [-0.15, -0.1) is 0 Å². The van der Waals surface area contributed by atoms with Crippen LogP contribution in [-0.2, 0) is 16.7 Å². The van der Waals surface area contributed by atoms with Crippen molar-refractivity contribution in [3.63, 3.8) is 0 Å². The molecular weight excluding hydrogens is 296 g/mol. The number of rotatable bonds is 3. The summed E-state index contributed by atoms with van der Waals surface area (Å²) < 4.78 is 19.1. The molecule has 1 aromatic carbocycles. The lowest BCUT2D eigenvalue weighted by Crippen LogP contribution is -2.29. The van der Waals surface area contributed by atoms with Gasteiger partial charge in [0, 0.05) is 24.2 Å². The Morgan fingerprint density at radius 1 is 1.39 bits per heavy atom. The van der Waals surface area contributed by atoms with Crippen LogP contribution in [-0.4, -0.2) is 22.9 Å². The van der Waals surface area contributed by atoms with Crippen molar-refractivity contribution < 1.29 is 18.9 Å². The van der Waals surface area contributed by atoms with Gasteiger partial charge in [0.05, 0.1) is 5.60 Å². The average molecular weight is 313 g/mol. The second kappa shape index (κ2) is 5.55. The van der Waals surface area contributed by atoms with Gasteiger partial charge < -0.3 is 9.68 Å². The molecule has 0 atom stereocenters. The summed E-state index contributed by atoms with van der Waals surface area (Å²) in [6, 6.07) is 6.60. The first kappa shape index (κ1) is 15.8. The van der Waals surface area contributed by atoms with Crippen LogP contribution < -0.4 is 5.46 Å². The zero-order valence-electron chi connectivity index (χ0n) is 13.3. The van der Waals surface area contributed by atoms with Gasteiger partial charge in [-0.25, -0.2) is 4.39 Å². The van der Waals surface area contributed by atoms with Gasteiger partial charge in [-0.1, -0.05) is 18.2 Å². The highest BCUT2D eigenvalue weighted by Gasteiger charge is 2.40. The van der Waals surface area contributed by atoms with Crippen molar-refractivity contribution in [3.8, 4) is 0 Å². The van der Waals surface area contributed by atoms with Crippen molar-refractivity contribution >= 4 is 18.4 Å². The number of nitrogens with zero attached hydrogens (tertiary/aromatic N) is 1. The first-order valence-electron chi connectivity index (χ1n) is 7.42. The number of hydrogen-bond acceptors (Lipinski definition) is 4. The molecule has 1 aliphatic rings. The normalized spacial score (nSPS) is 15.6. The fraction of sp³-hybridized carbons (Fsp3) is 0.294. The molecule has 0 spiro atoms. The molecule has 1 N–H and O–H groups in total. The summed E-state index contributed by atoms with van der Waals surface area (Å²) in [6.45, 7) is 5.36. The molecule has 0 radical (unpaired) electrons. The molecule has 0 unspecified atom stereocenters. The lowest BCUT2D eigenvalue weighted by Gasteiger charge is -2.19. The Morgan fingerprint density at radius 2 is 2.13 bits per heavy atom. The third-order valence-electron chi connectivity index (χ3n) is 4.12. The van der Waals surface area contributed by atoms with Crippen LogP contribution in [0.15, 0.2) is 30.5 Å². The number of ketones is 1. The third kappa shape index (κ3) is 2.92. The van der Waals surface area contributed by atoms with Crippen molar-refractivity contribution in [2.75, 3.05) is 0 Å². The fourth-order valence-corrected chi connectivity index (χ4v) is 2.81. The minimum absolute atomic E-state index is 0.0932. The molecule has 3 rings (SSSR count). The van der Waals surface area contributed by atoms with Crippen molar-refractivity contribution in [3.05, 3.63) is 58.7 Å². The lowest BCUT2D eigenvalue weighted by molar-refractivity contribution is 0.0986. The number of fused-ring (bicyclic) bond motifs is 1. The fourth-order valence-electron chi connectivity index (χ4n) is 2.81. The third-order valence-corrected chi connectivity index (χ3v) is 4.12. The topological polar surface area (TPSA) is 59.4 Å². The smallest absolute Gasteiger partial charge is 0.423 e. The number of carbonyl (C=O) groups excluding carboxylic acids is 1. The van der Waals surface area contributed by atoms with Gasteiger partial charge in [-0.05, 0) is 37.4 Å². The summed E-state index contributed by atoms with van der Waals surface area (Å²) in [7, 11) is -0.995. The van der Waals surface area contributed by atoms with Crippen molar-refractivity contribution in [1.29, 1.82) is 0 Å². The standard InChI is InChI=1S/C17H17BFNO3/c1-10-9-20-15(8-14(10)19)16(21)7-11-4-5-12-13(6-11)18(22)23-17(12,2)3/h4-6,8-9,22H,7H2,1-3H3. The Hall–Kier alpha value is -2.05. The summed E-state index contributed by atoms with van der Waals surface area (Å²) in [6.07, 6.45) is 1.45. The molecule has 2 heterocycles. The van der Waals surface area contributed by atoms with Crippen molar-refractivity contribution in [2.24, 2.45) is 0 Å². The SMILES string of the molecule is Cc1cnc(C(=O)Cc2ccc3c(c2)B(O)OC3(C)C)cc1F. The first-order valence-corrected chi connectivity index (χ1v) is 7.42. The molecule has 0 fully saturated rings. The van der Waals surface area contributed by atoms with Crippen LogP contribution in [0.3, 0.4) is 0 Å². The molecule has 1 aromatic heterocycles. The van der Waals surface area contributed by atoms with Gasteiger partial charge >= 0.3 is 7.12 Å². The van der Waals surface area contributed by atoms with E-state index in [4.69, 9.17) is 4.65 Å². The number of aryl methyl sites for hydroxylation is 1. The number of benzene rings is 1. The molecule has 0 saturated carbocycles. The Bertz CT molecular complexity index is 791. The molecule has 4 nitrogen and oxygen atoms in total. The van der Waals surface area contributed by atoms with Gasteiger partial charge in [0.15, 0.2) is 5.78 Å². The van der Waals surface area contributed by atoms with Crippen LogP contribution in [0, 0.1) is 12.7 Å². The Kier molecular flexibility index (Phi) is 3.82. The molecule has 0 amide bonds. The number of Topliss-reactive ketones (excluding diaryl/α,β-unsaturated/α-hetero) is 1. The Morgan fingerprint density at radius 3 is 2.83 bits per heavy atom. The van der Waals surface area contributed by atoms with Gasteiger partial charge in [0.2, 0.25) is 0 Å². The summed E-state index contributed by atoms with van der Waals surface area (Å²) in [5.74, 6) is -0.709. The summed E-state index contributed by atoms with van der Waals surface area (Å²) in [5.41, 5.74) is 2.26. The van der Waals surface area contributed by atoms with E-state index in [0.29, 0.717) is 11.0 Å². The highest BCUT2D eigenvalue weighted by molar-refractivity contribution is 6.62. The van der Waals surface area contributed by atoms with E-state index in [1.807, 2.05) is 26.0 Å². The summed E-state index contributed by atoms with van der Waals surface area (Å²) in [5, 5.41) is 9.99. The van der Waals surface area contributed by atoms with Crippen LogP contribution in [0.1, 0.15) is 41.0 Å². The Balaban J connectivity index is 1.85. The molecule has 0 bridgehead atoms. The van der Waals surface area contributed by atoms with E-state index < -0.39 is 18.5 Å². The number of aromatic nitrogens is 1. The second-order valence-corrected chi connectivity index (χ2v) is 6.32. The molecule has 2 aromatic rings. The number of halogens is 1. The van der Waals surface area contributed by atoms with Gasteiger partial charge in [0.25, 0.3) is 0 Å². The number of carbonyl (C=O) groups is 1. The van der Waals surface area contributed by atoms with Crippen molar-refractivity contribution in [1.82, 2.24) is 4.98 Å². The van der Waals surface area contributed by atoms with Crippen LogP contribution >= 0.6 is 0 Å². The predicted molar refractivity (Wildman–Crippen MR) is 85.1 cm³/mol. The monoisotopic (exact) mass is 313 g/mol. The highest BCUT2D eigenvalue weighted by atomic mass is 19.1. The number of pyridine rings is 1. The predicted octanol–water partition coefficient (Wildman–Crippen LogP) is 1.91. The van der Waals surface area contributed by atoms with E-state index in [1.165, 1.54) is 6.20 Å². The van der Waals surface area contributed by atoms with E-state index >= 15 is 0 Å². The zero-order valence-corrected chi connectivity index (χ0v) is 13.3. The molecule has 118 valence electrons. The van der Waals surface area contributed by atoms with Gasteiger partial charge in [-0.2, -0.15) is 0 Å². The van der Waals surface area contributed by atoms with E-state index in [0.717, 1.165) is 17.2 Å². The molecule has 0 aliphatic carbocycles. The zero-order chi connectivity index (χ0) is 16.8. The quantitative estimate of drug-likeness (QED) is 0.695. The molecule has 23 heavy (non-hydrogen) atoms. The maximum atomic E-state index is 13.6. The van der Waals surface area contributed by atoms with Gasteiger partial charge in [-0.3, -0.25) is 9.78 Å². The van der Waals surface area contributed by atoms with E-state index in [2.05, 4.69) is 4.98 Å². The lowest BCUT2D eigenvalue weighted by atomic mass is 9.77. The van der Waals surface area contributed by atoms with E-state index in [1.54, 1.807) is 13.0 Å². The Labute approximate surface area is 134 Å². The van der Waals surface area contributed by atoms with E-state index in [9.17, 15) is 14.2 Å². The van der Waals surface area contributed by atoms with E-state index in [-0.39, 0.29) is 17.9 Å². The van der Waals surface area contributed by atoms with Crippen LogP contribution in [0.25, 0.3) is 0 Å². The highest BCUT2D eigenvalue weighted by Crippen LogP contribution is 2.30. The minimum Gasteiger partial charge on any atom is -0.423 e. The average Bonchev–Trinajstić information content (AvgIpc) is 2.71.